The Morgan fingerprint density at radius 2 is 1.79 bits per heavy atom. The van der Waals surface area contributed by atoms with Crippen LogP contribution in [0.25, 0.3) is 27.1 Å². The maximum Gasteiger partial charge on any atom is 0.264 e. The average Bonchev–Trinajstić information content (AvgIpc) is 3.49. The Hall–Kier alpha value is -3.20. The van der Waals surface area contributed by atoms with Crippen LogP contribution < -0.4 is 4.90 Å². The number of aromatic nitrogens is 4. The first-order chi connectivity index (χ1) is 16.6. The third-order valence-corrected chi connectivity index (χ3v) is 7.59. The van der Waals surface area contributed by atoms with E-state index in [0.29, 0.717) is 48.0 Å². The van der Waals surface area contributed by atoms with Gasteiger partial charge in [-0.1, -0.05) is 41.4 Å². The van der Waals surface area contributed by atoms with Crippen LogP contribution in [0.3, 0.4) is 0 Å². The van der Waals surface area contributed by atoms with Gasteiger partial charge < -0.3 is 9.80 Å². The second-order valence-corrected chi connectivity index (χ2v) is 9.93. The number of hydrogen-bond donors (Lipinski definition) is 0. The molecule has 1 fully saturated rings. The van der Waals surface area contributed by atoms with Gasteiger partial charge in [-0.15, -0.1) is 16.4 Å². The Kier molecular flexibility index (Phi) is 5.36. The molecule has 3 aromatic heterocycles. The fourth-order valence-electron chi connectivity index (χ4n) is 4.17. The van der Waals surface area contributed by atoms with Gasteiger partial charge in [0, 0.05) is 47.7 Å². The van der Waals surface area contributed by atoms with E-state index in [1.165, 1.54) is 11.3 Å². The van der Waals surface area contributed by atoms with Crippen molar-refractivity contribution in [1.82, 2.24) is 24.5 Å². The second kappa shape index (κ2) is 8.54. The largest absolute Gasteiger partial charge is 0.336 e. The summed E-state index contributed by atoms with van der Waals surface area (Å²) in [5, 5.41) is 6.97. The third-order valence-electron chi connectivity index (χ3n) is 5.92. The van der Waals surface area contributed by atoms with Gasteiger partial charge in [0.25, 0.3) is 11.7 Å². The predicted molar refractivity (Wildman–Crippen MR) is 136 cm³/mol. The van der Waals surface area contributed by atoms with E-state index in [-0.39, 0.29) is 5.91 Å². The highest BCUT2D eigenvalue weighted by atomic mass is 35.5. The van der Waals surface area contributed by atoms with Gasteiger partial charge >= 0.3 is 0 Å². The summed E-state index contributed by atoms with van der Waals surface area (Å²) in [5.74, 6) is 1.13. The highest BCUT2D eigenvalue weighted by Gasteiger charge is 2.26. The van der Waals surface area contributed by atoms with Crippen molar-refractivity contribution in [2.24, 2.45) is 0 Å². The van der Waals surface area contributed by atoms with Gasteiger partial charge in [-0.2, -0.15) is 9.50 Å². The van der Waals surface area contributed by atoms with Crippen LogP contribution in [0.1, 0.15) is 9.67 Å². The molecule has 0 atom stereocenters. The molecule has 1 saturated heterocycles. The molecule has 0 saturated carbocycles. The van der Waals surface area contributed by atoms with E-state index in [1.54, 1.807) is 28.9 Å². The number of thiophene rings is 1. The lowest BCUT2D eigenvalue weighted by molar-refractivity contribution is 0.0751. The van der Waals surface area contributed by atoms with Gasteiger partial charge in [0.15, 0.2) is 0 Å². The van der Waals surface area contributed by atoms with Gasteiger partial charge in [-0.25, -0.2) is 4.98 Å². The molecule has 0 aliphatic carbocycles. The number of fused-ring (bicyclic) bond motifs is 2. The number of nitrogens with zero attached hydrogens (tertiary/aromatic N) is 6. The van der Waals surface area contributed by atoms with Gasteiger partial charge in [-0.05, 0) is 41.8 Å². The van der Waals surface area contributed by atoms with Crippen molar-refractivity contribution in [2.75, 3.05) is 31.1 Å². The van der Waals surface area contributed by atoms with E-state index in [2.05, 4.69) is 14.9 Å². The van der Waals surface area contributed by atoms with E-state index in [0.717, 1.165) is 26.2 Å². The summed E-state index contributed by atoms with van der Waals surface area (Å²) in [5.41, 5.74) is 1.52. The quantitative estimate of drug-likeness (QED) is 0.331. The summed E-state index contributed by atoms with van der Waals surface area (Å²) in [6.07, 6.45) is 1.68. The third kappa shape index (κ3) is 3.77. The molecular weight excluding hydrogens is 491 g/mol. The van der Waals surface area contributed by atoms with Crippen LogP contribution in [0.15, 0.2) is 60.8 Å². The molecule has 4 heterocycles. The number of hydrogen-bond acceptors (Lipinski definition) is 6. The summed E-state index contributed by atoms with van der Waals surface area (Å²) in [6.45, 7) is 2.48. The van der Waals surface area contributed by atoms with Crippen molar-refractivity contribution >= 4 is 62.3 Å². The maximum atomic E-state index is 13.1. The molecule has 0 N–H and O–H groups in total. The molecule has 0 bridgehead atoms. The van der Waals surface area contributed by atoms with Gasteiger partial charge in [0.05, 0.1) is 15.6 Å². The smallest absolute Gasteiger partial charge is 0.264 e. The number of carbonyl (C=O) groups is 1. The summed E-state index contributed by atoms with van der Waals surface area (Å²) in [6, 6.07) is 17.2. The van der Waals surface area contributed by atoms with Crippen LogP contribution in [-0.4, -0.2) is 56.6 Å². The van der Waals surface area contributed by atoms with Crippen molar-refractivity contribution in [3.05, 3.63) is 75.7 Å². The Bertz CT molecular complexity index is 1510. The van der Waals surface area contributed by atoms with E-state index < -0.39 is 0 Å². The van der Waals surface area contributed by atoms with Crippen molar-refractivity contribution in [3.63, 3.8) is 0 Å². The Labute approximate surface area is 209 Å². The topological polar surface area (TPSA) is 66.6 Å². The van der Waals surface area contributed by atoms with Gasteiger partial charge in [-0.3, -0.25) is 4.79 Å². The number of anilines is 1. The van der Waals surface area contributed by atoms with Crippen LogP contribution in [0.2, 0.25) is 10.0 Å². The number of amides is 1. The zero-order valence-corrected chi connectivity index (χ0v) is 20.2. The molecule has 5 aromatic rings. The fraction of sp³-hybridized carbons (Fsp3) is 0.167. The highest BCUT2D eigenvalue weighted by Crippen LogP contribution is 2.31. The number of rotatable bonds is 3. The zero-order valence-electron chi connectivity index (χ0n) is 17.9. The van der Waals surface area contributed by atoms with E-state index in [9.17, 15) is 4.79 Å². The van der Waals surface area contributed by atoms with Gasteiger partial charge in [0.2, 0.25) is 5.95 Å². The van der Waals surface area contributed by atoms with Crippen molar-refractivity contribution in [2.45, 2.75) is 0 Å². The van der Waals surface area contributed by atoms with Crippen LogP contribution in [0.5, 0.6) is 0 Å². The predicted octanol–water partition coefficient (Wildman–Crippen LogP) is 5.28. The summed E-state index contributed by atoms with van der Waals surface area (Å²) < 4.78 is 2.81. The Morgan fingerprint density at radius 1 is 0.971 bits per heavy atom. The highest BCUT2D eigenvalue weighted by molar-refractivity contribution is 7.20. The number of piperazine rings is 1. The molecule has 1 aliphatic rings. The first-order valence-corrected chi connectivity index (χ1v) is 12.3. The van der Waals surface area contributed by atoms with Crippen LogP contribution in [0, 0.1) is 0 Å². The number of carbonyl (C=O) groups excluding carboxylic acids is 1. The molecule has 1 aliphatic heterocycles. The molecular formula is C24H18Cl2N6OS. The maximum absolute atomic E-state index is 13.1. The molecule has 0 radical (unpaired) electrons. The lowest BCUT2D eigenvalue weighted by Gasteiger charge is -2.33. The molecule has 2 aromatic carbocycles. The minimum atomic E-state index is 0.0726. The molecule has 1 amide bonds. The van der Waals surface area contributed by atoms with Crippen molar-refractivity contribution < 1.29 is 4.79 Å². The molecule has 0 unspecified atom stereocenters. The second-order valence-electron chi connectivity index (χ2n) is 8.01. The van der Waals surface area contributed by atoms with Crippen LogP contribution in [0.4, 0.5) is 5.95 Å². The molecule has 10 heteroatoms. The number of benzene rings is 2. The SMILES string of the molecule is O=C(c1cc2ccccc2s1)N1CCN(c2nc3nccc(-c4cc(Cl)ccc4Cl)n3n2)CC1. The minimum Gasteiger partial charge on any atom is -0.336 e. The summed E-state index contributed by atoms with van der Waals surface area (Å²) in [7, 11) is 0. The van der Waals surface area contributed by atoms with Crippen LogP contribution in [-0.2, 0) is 0 Å². The van der Waals surface area contributed by atoms with E-state index in [4.69, 9.17) is 28.3 Å². The van der Waals surface area contributed by atoms with Crippen molar-refractivity contribution in [3.8, 4) is 11.3 Å². The zero-order chi connectivity index (χ0) is 23.2. The molecule has 34 heavy (non-hydrogen) atoms. The lowest BCUT2D eigenvalue weighted by atomic mass is 10.1. The molecule has 6 rings (SSSR count). The molecule has 0 spiro atoms. The standard InChI is InChI=1S/C24H18Cl2N6OS/c25-16-5-6-18(26)17(14-16)19-7-8-27-23-28-24(29-32(19)23)31-11-9-30(10-12-31)22(33)21-13-15-3-1-2-4-20(15)34-21/h1-8,13-14H,9-12H2. The first-order valence-electron chi connectivity index (χ1n) is 10.8. The minimum absolute atomic E-state index is 0.0726. The Morgan fingerprint density at radius 3 is 2.62 bits per heavy atom. The van der Waals surface area contributed by atoms with Crippen LogP contribution >= 0.6 is 34.5 Å². The van der Waals surface area contributed by atoms with Gasteiger partial charge in [0.1, 0.15) is 0 Å². The monoisotopic (exact) mass is 508 g/mol. The normalized spacial score (nSPS) is 14.3. The summed E-state index contributed by atoms with van der Waals surface area (Å²) >= 11 is 14.2. The number of halogens is 2. The summed E-state index contributed by atoms with van der Waals surface area (Å²) in [4.78, 5) is 26.8. The van der Waals surface area contributed by atoms with Crippen molar-refractivity contribution in [1.29, 1.82) is 0 Å². The average molecular weight is 509 g/mol. The van der Waals surface area contributed by atoms with E-state index >= 15 is 0 Å². The molecule has 170 valence electrons. The lowest BCUT2D eigenvalue weighted by Crippen LogP contribution is -2.49. The fourth-order valence-corrected chi connectivity index (χ4v) is 5.59. The van der Waals surface area contributed by atoms with E-state index in [1.807, 2.05) is 41.3 Å². The first kappa shape index (κ1) is 21.3. The Balaban J connectivity index is 1.23. The molecule has 7 nitrogen and oxygen atoms in total.